The van der Waals surface area contributed by atoms with Gasteiger partial charge in [0, 0.05) is 23.7 Å². The Kier molecular flexibility index (Phi) is 5.45. The third kappa shape index (κ3) is 4.33. The molecule has 8 heteroatoms. The van der Waals surface area contributed by atoms with Crippen molar-refractivity contribution in [3.8, 4) is 11.8 Å². The molecule has 1 aromatic carbocycles. The number of anilines is 1. The van der Waals surface area contributed by atoms with E-state index in [0.717, 1.165) is 0 Å². The van der Waals surface area contributed by atoms with Gasteiger partial charge in [0.15, 0.2) is 0 Å². The van der Waals surface area contributed by atoms with Gasteiger partial charge < -0.3 is 9.84 Å². The first kappa shape index (κ1) is 16.1. The van der Waals surface area contributed by atoms with Crippen LogP contribution in [0.2, 0.25) is 5.02 Å². The summed E-state index contributed by atoms with van der Waals surface area (Å²) in [7, 11) is -3.69. The van der Waals surface area contributed by atoms with Gasteiger partial charge in [-0.05, 0) is 18.2 Å². The molecule has 0 aromatic heterocycles. The molecule has 6 nitrogen and oxygen atoms in total. The molecule has 1 heterocycles. The van der Waals surface area contributed by atoms with Gasteiger partial charge in [0.25, 0.3) is 0 Å². The molecule has 0 aliphatic carbocycles. The summed E-state index contributed by atoms with van der Waals surface area (Å²) in [5.41, 5.74) is 0.736. The Hall–Kier alpha value is -1.30. The number of aliphatic hydroxyl groups is 1. The van der Waals surface area contributed by atoms with E-state index in [9.17, 15) is 8.42 Å². The molecule has 0 bridgehead atoms. The Balaban J connectivity index is 2.27. The second-order valence-corrected chi connectivity index (χ2v) is 6.38. The van der Waals surface area contributed by atoms with Crippen molar-refractivity contribution in [2.45, 2.75) is 0 Å². The summed E-state index contributed by atoms with van der Waals surface area (Å²) in [4.78, 5) is 0. The van der Waals surface area contributed by atoms with Crippen LogP contribution >= 0.6 is 11.6 Å². The van der Waals surface area contributed by atoms with Crippen molar-refractivity contribution in [2.24, 2.45) is 0 Å². The number of hydrogen-bond acceptors (Lipinski definition) is 4. The highest BCUT2D eigenvalue weighted by Crippen LogP contribution is 2.22. The highest BCUT2D eigenvalue weighted by molar-refractivity contribution is 7.90. The fourth-order valence-electron chi connectivity index (χ4n) is 1.84. The first-order chi connectivity index (χ1) is 10.0. The summed E-state index contributed by atoms with van der Waals surface area (Å²) >= 11 is 5.90. The second kappa shape index (κ2) is 7.11. The summed E-state index contributed by atoms with van der Waals surface area (Å²) < 4.78 is 33.5. The number of nitrogens with zero attached hydrogens (tertiary/aromatic N) is 1. The Morgan fingerprint density at radius 3 is 2.76 bits per heavy atom. The number of benzene rings is 1. The maximum Gasteiger partial charge on any atom is 0.301 e. The normalized spacial score (nSPS) is 16.1. The zero-order chi connectivity index (χ0) is 15.3. The number of rotatable bonds is 3. The van der Waals surface area contributed by atoms with Gasteiger partial charge in [-0.2, -0.15) is 12.7 Å². The molecule has 1 aliphatic rings. The standard InChI is InChI=1S/C13H15ClN2O4S/c14-12-4-3-11(2-1-7-17)13(10-12)15-21(18,19)16-5-8-20-9-6-16/h3-4,10,15,17H,5-9H2. The molecule has 0 radical (unpaired) electrons. The van der Waals surface area contributed by atoms with Crippen LogP contribution in [0.25, 0.3) is 0 Å². The van der Waals surface area contributed by atoms with Crippen LogP contribution in [0.5, 0.6) is 0 Å². The van der Waals surface area contributed by atoms with Crippen LogP contribution < -0.4 is 4.72 Å². The molecule has 1 saturated heterocycles. The van der Waals surface area contributed by atoms with Gasteiger partial charge in [-0.15, -0.1) is 0 Å². The van der Waals surface area contributed by atoms with E-state index in [1.165, 1.54) is 10.4 Å². The third-order valence-corrected chi connectivity index (χ3v) is 4.59. The molecule has 1 aromatic rings. The fourth-order valence-corrected chi connectivity index (χ4v) is 3.21. The van der Waals surface area contributed by atoms with Crippen molar-refractivity contribution in [1.82, 2.24) is 4.31 Å². The lowest BCUT2D eigenvalue weighted by Crippen LogP contribution is -2.43. The van der Waals surface area contributed by atoms with Crippen LogP contribution in [-0.4, -0.2) is 50.7 Å². The van der Waals surface area contributed by atoms with E-state index in [0.29, 0.717) is 36.9 Å². The Labute approximate surface area is 128 Å². The Morgan fingerprint density at radius 1 is 1.38 bits per heavy atom. The molecule has 2 N–H and O–H groups in total. The molecule has 0 atom stereocenters. The smallest absolute Gasteiger partial charge is 0.301 e. The summed E-state index contributed by atoms with van der Waals surface area (Å²) in [6.45, 7) is 1.03. The van der Waals surface area contributed by atoms with Crippen LogP contribution in [0.1, 0.15) is 5.56 Å². The zero-order valence-corrected chi connectivity index (χ0v) is 12.7. The van der Waals surface area contributed by atoms with Crippen LogP contribution in [0.3, 0.4) is 0 Å². The first-order valence-corrected chi connectivity index (χ1v) is 8.09. The molecule has 1 fully saturated rings. The van der Waals surface area contributed by atoms with Gasteiger partial charge in [-0.1, -0.05) is 23.4 Å². The van der Waals surface area contributed by atoms with E-state index in [2.05, 4.69) is 16.6 Å². The minimum absolute atomic E-state index is 0.287. The average molecular weight is 331 g/mol. The molecule has 114 valence electrons. The number of hydrogen-bond donors (Lipinski definition) is 2. The maximum absolute atomic E-state index is 12.3. The van der Waals surface area contributed by atoms with E-state index in [-0.39, 0.29) is 12.3 Å². The lowest BCUT2D eigenvalue weighted by molar-refractivity contribution is 0.0733. The SMILES string of the molecule is O=S(=O)(Nc1cc(Cl)ccc1C#CCO)N1CCOCC1. The topological polar surface area (TPSA) is 78.9 Å². The van der Waals surface area contributed by atoms with Gasteiger partial charge in [-0.25, -0.2) is 0 Å². The summed E-state index contributed by atoms with van der Waals surface area (Å²) in [6.07, 6.45) is 0. The average Bonchev–Trinajstić information content (AvgIpc) is 2.47. The fraction of sp³-hybridized carbons (Fsp3) is 0.385. The summed E-state index contributed by atoms with van der Waals surface area (Å²) in [6, 6.07) is 4.69. The molecule has 0 unspecified atom stereocenters. The van der Waals surface area contributed by atoms with Crippen LogP contribution in [0.15, 0.2) is 18.2 Å². The molecule has 21 heavy (non-hydrogen) atoms. The van der Waals surface area contributed by atoms with Crippen molar-refractivity contribution < 1.29 is 18.3 Å². The highest BCUT2D eigenvalue weighted by Gasteiger charge is 2.24. The second-order valence-electron chi connectivity index (χ2n) is 4.27. The maximum atomic E-state index is 12.3. The number of aliphatic hydroxyl groups excluding tert-OH is 1. The highest BCUT2D eigenvalue weighted by atomic mass is 35.5. The zero-order valence-electron chi connectivity index (χ0n) is 11.2. The summed E-state index contributed by atoms with van der Waals surface area (Å²) in [5, 5.41) is 9.14. The van der Waals surface area contributed by atoms with Crippen molar-refractivity contribution in [3.05, 3.63) is 28.8 Å². The number of halogens is 1. The minimum Gasteiger partial charge on any atom is -0.384 e. The molecule has 0 spiro atoms. The lowest BCUT2D eigenvalue weighted by atomic mass is 10.2. The summed E-state index contributed by atoms with van der Waals surface area (Å²) in [5.74, 6) is 5.17. The van der Waals surface area contributed by atoms with E-state index >= 15 is 0 Å². The third-order valence-electron chi connectivity index (χ3n) is 2.83. The van der Waals surface area contributed by atoms with Crippen LogP contribution in [-0.2, 0) is 14.9 Å². The van der Waals surface area contributed by atoms with Crippen LogP contribution in [0.4, 0.5) is 5.69 Å². The molecular formula is C13H15ClN2O4S. The minimum atomic E-state index is -3.69. The predicted molar refractivity (Wildman–Crippen MR) is 80.4 cm³/mol. The Morgan fingerprint density at radius 2 is 2.10 bits per heavy atom. The van der Waals surface area contributed by atoms with Crippen molar-refractivity contribution in [2.75, 3.05) is 37.6 Å². The number of ether oxygens (including phenoxy) is 1. The molecule has 0 saturated carbocycles. The Bertz CT molecular complexity index is 660. The van der Waals surface area contributed by atoms with Gasteiger partial charge in [0.2, 0.25) is 0 Å². The van der Waals surface area contributed by atoms with Crippen LogP contribution in [0, 0.1) is 11.8 Å². The number of nitrogens with one attached hydrogen (secondary N) is 1. The monoisotopic (exact) mass is 330 g/mol. The molecule has 2 rings (SSSR count). The number of morpholine rings is 1. The van der Waals surface area contributed by atoms with E-state index in [1.807, 2.05) is 0 Å². The van der Waals surface area contributed by atoms with E-state index in [4.69, 9.17) is 21.4 Å². The van der Waals surface area contributed by atoms with Crippen molar-refractivity contribution in [1.29, 1.82) is 0 Å². The largest absolute Gasteiger partial charge is 0.384 e. The molecular weight excluding hydrogens is 316 g/mol. The van der Waals surface area contributed by atoms with Gasteiger partial charge in [-0.3, -0.25) is 4.72 Å². The quantitative estimate of drug-likeness (QED) is 0.799. The lowest BCUT2D eigenvalue weighted by Gasteiger charge is -2.26. The van der Waals surface area contributed by atoms with Gasteiger partial charge in [0.05, 0.1) is 18.9 Å². The van der Waals surface area contributed by atoms with Gasteiger partial charge in [0.1, 0.15) is 6.61 Å². The van der Waals surface area contributed by atoms with E-state index < -0.39 is 10.2 Å². The van der Waals surface area contributed by atoms with Gasteiger partial charge >= 0.3 is 10.2 Å². The van der Waals surface area contributed by atoms with Crippen molar-refractivity contribution >= 4 is 27.5 Å². The van der Waals surface area contributed by atoms with E-state index in [1.54, 1.807) is 12.1 Å². The predicted octanol–water partition coefficient (Wildman–Crippen LogP) is 0.673. The molecule has 0 amide bonds. The van der Waals surface area contributed by atoms with Crippen molar-refractivity contribution in [3.63, 3.8) is 0 Å². The first-order valence-electron chi connectivity index (χ1n) is 6.28. The molecule has 1 aliphatic heterocycles.